The number of thiazole rings is 1. The lowest BCUT2D eigenvalue weighted by atomic mass is 10.2. The second-order valence-corrected chi connectivity index (χ2v) is 11.1. The van der Waals surface area contributed by atoms with E-state index >= 15 is 0 Å². The average molecular weight is 588 g/mol. The van der Waals surface area contributed by atoms with E-state index in [1.807, 2.05) is 0 Å². The van der Waals surface area contributed by atoms with Crippen molar-refractivity contribution in [2.45, 2.75) is 18.4 Å². The summed E-state index contributed by atoms with van der Waals surface area (Å²) in [4.78, 5) is 41.6. The Bertz CT molecular complexity index is 1730. The van der Waals surface area contributed by atoms with Gasteiger partial charge in [0.2, 0.25) is 0 Å². The summed E-state index contributed by atoms with van der Waals surface area (Å²) in [6, 6.07) is 16.3. The summed E-state index contributed by atoms with van der Waals surface area (Å²) in [5.74, 6) is -1.65. The third-order valence-corrected chi connectivity index (χ3v) is 8.10. The van der Waals surface area contributed by atoms with Crippen LogP contribution in [-0.4, -0.2) is 44.5 Å². The SMILES string of the molecule is CCOC(=O)c1ccc2c(c1)sc(=NC(=O)c1ccc(NS(=O)(=O)c3ccc(Cl)cc3)cc1)n2CC(=O)OC. The topological polar surface area (TPSA) is 133 Å². The van der Waals surface area contributed by atoms with Crippen molar-refractivity contribution in [3.63, 3.8) is 0 Å². The van der Waals surface area contributed by atoms with Gasteiger partial charge in [-0.3, -0.25) is 14.3 Å². The van der Waals surface area contributed by atoms with Crippen molar-refractivity contribution >= 4 is 66.7 Å². The first-order chi connectivity index (χ1) is 18.6. The Kier molecular flexibility index (Phi) is 8.48. The fourth-order valence-electron chi connectivity index (χ4n) is 3.51. The number of rotatable bonds is 8. The number of amides is 1. The molecule has 39 heavy (non-hydrogen) atoms. The first kappa shape index (κ1) is 28.0. The van der Waals surface area contributed by atoms with Crippen LogP contribution >= 0.6 is 22.9 Å². The first-order valence-electron chi connectivity index (χ1n) is 11.5. The van der Waals surface area contributed by atoms with Gasteiger partial charge in [0.25, 0.3) is 15.9 Å². The number of sulfonamides is 1. The van der Waals surface area contributed by atoms with E-state index in [1.165, 1.54) is 60.2 Å². The molecule has 0 aliphatic carbocycles. The van der Waals surface area contributed by atoms with Gasteiger partial charge in [-0.25, -0.2) is 13.2 Å². The van der Waals surface area contributed by atoms with E-state index in [1.54, 1.807) is 25.1 Å². The Hall–Kier alpha value is -4.00. The van der Waals surface area contributed by atoms with Gasteiger partial charge in [0.05, 0.1) is 34.4 Å². The highest BCUT2D eigenvalue weighted by molar-refractivity contribution is 7.92. The number of nitrogens with zero attached hydrogens (tertiary/aromatic N) is 2. The average Bonchev–Trinajstić information content (AvgIpc) is 3.24. The van der Waals surface area contributed by atoms with Crippen LogP contribution in [-0.2, 0) is 30.8 Å². The molecule has 0 bridgehead atoms. The quantitative estimate of drug-likeness (QED) is 0.305. The van der Waals surface area contributed by atoms with Crippen molar-refractivity contribution in [1.82, 2.24) is 4.57 Å². The van der Waals surface area contributed by atoms with Crippen molar-refractivity contribution in [3.8, 4) is 0 Å². The number of carbonyl (C=O) groups excluding carboxylic acids is 3. The van der Waals surface area contributed by atoms with Crippen LogP contribution < -0.4 is 9.52 Å². The van der Waals surface area contributed by atoms with Gasteiger partial charge in [0.15, 0.2) is 4.80 Å². The number of hydrogen-bond acceptors (Lipinski definition) is 8. The highest BCUT2D eigenvalue weighted by Gasteiger charge is 2.17. The smallest absolute Gasteiger partial charge is 0.338 e. The molecule has 4 aromatic rings. The summed E-state index contributed by atoms with van der Waals surface area (Å²) in [6.07, 6.45) is 0. The van der Waals surface area contributed by atoms with Crippen LogP contribution in [0.25, 0.3) is 10.2 Å². The van der Waals surface area contributed by atoms with Crippen molar-refractivity contribution in [2.75, 3.05) is 18.4 Å². The minimum atomic E-state index is -3.86. The number of nitrogens with one attached hydrogen (secondary N) is 1. The Morgan fingerprint density at radius 1 is 1.00 bits per heavy atom. The molecule has 1 N–H and O–H groups in total. The lowest BCUT2D eigenvalue weighted by molar-refractivity contribution is -0.141. The number of halogens is 1. The van der Waals surface area contributed by atoms with Gasteiger partial charge in [-0.05, 0) is 73.7 Å². The van der Waals surface area contributed by atoms with Crippen LogP contribution in [0.1, 0.15) is 27.6 Å². The number of carbonyl (C=O) groups is 3. The first-order valence-corrected chi connectivity index (χ1v) is 14.1. The molecule has 3 aromatic carbocycles. The fourth-order valence-corrected chi connectivity index (χ4v) is 5.76. The van der Waals surface area contributed by atoms with Gasteiger partial charge < -0.3 is 14.0 Å². The van der Waals surface area contributed by atoms with Crippen LogP contribution in [0.3, 0.4) is 0 Å². The molecule has 202 valence electrons. The summed E-state index contributed by atoms with van der Waals surface area (Å²) in [6.45, 7) is 1.72. The van der Waals surface area contributed by atoms with E-state index in [0.29, 0.717) is 20.8 Å². The number of benzene rings is 3. The summed E-state index contributed by atoms with van der Waals surface area (Å²) in [5.41, 5.74) is 1.34. The molecule has 0 fully saturated rings. The van der Waals surface area contributed by atoms with Gasteiger partial charge in [-0.15, -0.1) is 0 Å². The van der Waals surface area contributed by atoms with Crippen LogP contribution in [0.5, 0.6) is 0 Å². The van der Waals surface area contributed by atoms with E-state index in [0.717, 1.165) is 11.3 Å². The van der Waals surface area contributed by atoms with E-state index in [2.05, 4.69) is 9.71 Å². The normalized spacial score (nSPS) is 11.8. The maximum atomic E-state index is 13.0. The lowest BCUT2D eigenvalue weighted by Gasteiger charge is -2.08. The van der Waals surface area contributed by atoms with Crippen LogP contribution in [0.2, 0.25) is 5.02 Å². The molecular weight excluding hydrogens is 566 g/mol. The molecule has 1 amide bonds. The summed E-state index contributed by atoms with van der Waals surface area (Å²) in [7, 11) is -2.60. The number of anilines is 1. The number of fused-ring (bicyclic) bond motifs is 1. The van der Waals surface area contributed by atoms with Gasteiger partial charge in [0, 0.05) is 16.3 Å². The predicted molar refractivity (Wildman–Crippen MR) is 146 cm³/mol. The van der Waals surface area contributed by atoms with E-state index in [4.69, 9.17) is 21.1 Å². The summed E-state index contributed by atoms with van der Waals surface area (Å²) >= 11 is 6.94. The molecule has 4 rings (SSSR count). The molecule has 1 heterocycles. The Labute approximate surface area is 232 Å². The standard InChI is InChI=1S/C26H22ClN3O7S2/c1-3-37-25(33)17-6-13-21-22(14-17)38-26(30(21)15-23(31)36-2)28-24(32)16-4-9-19(10-5-16)29-39(34,35)20-11-7-18(27)8-12-20/h4-14,29H,3,15H2,1-2H3. The molecule has 0 atom stereocenters. The second-order valence-electron chi connectivity index (χ2n) is 8.00. The Morgan fingerprint density at radius 3 is 2.31 bits per heavy atom. The largest absolute Gasteiger partial charge is 0.468 e. The zero-order valence-corrected chi connectivity index (χ0v) is 23.1. The number of aromatic nitrogens is 1. The van der Waals surface area contributed by atoms with Crippen LogP contribution in [0.4, 0.5) is 5.69 Å². The second kappa shape index (κ2) is 11.8. The zero-order valence-electron chi connectivity index (χ0n) is 20.7. The van der Waals surface area contributed by atoms with E-state index in [-0.39, 0.29) is 34.1 Å². The molecule has 0 saturated carbocycles. The molecular formula is C26H22ClN3O7S2. The monoisotopic (exact) mass is 587 g/mol. The summed E-state index contributed by atoms with van der Waals surface area (Å²) in [5, 5.41) is 0.409. The van der Waals surface area contributed by atoms with Gasteiger partial charge in [0.1, 0.15) is 6.54 Å². The van der Waals surface area contributed by atoms with Gasteiger partial charge in [-0.1, -0.05) is 22.9 Å². The van der Waals surface area contributed by atoms with E-state index in [9.17, 15) is 22.8 Å². The van der Waals surface area contributed by atoms with Crippen LogP contribution in [0.15, 0.2) is 76.6 Å². The molecule has 0 radical (unpaired) electrons. The zero-order chi connectivity index (χ0) is 28.2. The lowest BCUT2D eigenvalue weighted by Crippen LogP contribution is -2.22. The van der Waals surface area contributed by atoms with Crippen molar-refractivity contribution in [1.29, 1.82) is 0 Å². The maximum absolute atomic E-state index is 13.0. The summed E-state index contributed by atoms with van der Waals surface area (Å²) < 4.78 is 39.6. The molecule has 0 unspecified atom stereocenters. The molecule has 0 aliphatic rings. The molecule has 0 aliphatic heterocycles. The molecule has 10 nitrogen and oxygen atoms in total. The van der Waals surface area contributed by atoms with Crippen molar-refractivity contribution in [3.05, 3.63) is 87.7 Å². The number of hydrogen-bond donors (Lipinski definition) is 1. The third-order valence-electron chi connectivity index (χ3n) is 5.41. The van der Waals surface area contributed by atoms with Gasteiger partial charge in [-0.2, -0.15) is 4.99 Å². The number of esters is 2. The van der Waals surface area contributed by atoms with E-state index < -0.39 is 27.9 Å². The molecule has 13 heteroatoms. The van der Waals surface area contributed by atoms with Crippen LogP contribution in [0, 0.1) is 0 Å². The fraction of sp³-hybridized carbons (Fsp3) is 0.154. The Balaban J connectivity index is 1.64. The molecule has 0 spiro atoms. The maximum Gasteiger partial charge on any atom is 0.338 e. The van der Waals surface area contributed by atoms with Gasteiger partial charge >= 0.3 is 11.9 Å². The number of ether oxygens (including phenoxy) is 2. The van der Waals surface area contributed by atoms with Crippen molar-refractivity contribution < 1.29 is 32.3 Å². The minimum Gasteiger partial charge on any atom is -0.468 e. The highest BCUT2D eigenvalue weighted by atomic mass is 35.5. The minimum absolute atomic E-state index is 0.0353. The third kappa shape index (κ3) is 6.53. The highest BCUT2D eigenvalue weighted by Crippen LogP contribution is 2.21. The molecule has 0 saturated heterocycles. The predicted octanol–water partition coefficient (Wildman–Crippen LogP) is 4.25. The Morgan fingerprint density at radius 2 is 1.67 bits per heavy atom. The number of methoxy groups -OCH3 is 1. The van der Waals surface area contributed by atoms with Crippen molar-refractivity contribution in [2.24, 2.45) is 4.99 Å². The molecule has 1 aromatic heterocycles.